The minimum atomic E-state index is -0.379. The first-order valence-corrected chi connectivity index (χ1v) is 4.35. The maximum Gasteiger partial charge on any atom is 0.223 e. The van der Waals surface area contributed by atoms with Gasteiger partial charge in [0.1, 0.15) is 0 Å². The molecule has 0 aromatic heterocycles. The van der Waals surface area contributed by atoms with Gasteiger partial charge in [-0.3, -0.25) is 9.59 Å². The zero-order valence-electron chi connectivity index (χ0n) is 7.23. The van der Waals surface area contributed by atoms with Crippen molar-refractivity contribution in [1.29, 1.82) is 0 Å². The second-order valence-electron chi connectivity index (χ2n) is 3.54. The molecule has 1 unspecified atom stereocenters. The van der Waals surface area contributed by atoms with Crippen LogP contribution in [0.1, 0.15) is 6.42 Å². The molecule has 0 saturated carbocycles. The molecule has 2 amide bonds. The van der Waals surface area contributed by atoms with Gasteiger partial charge in [0.15, 0.2) is 0 Å². The summed E-state index contributed by atoms with van der Waals surface area (Å²) in [6.07, 6.45) is 0.270. The maximum atomic E-state index is 11.4. The minimum absolute atomic E-state index is 0.0251. The summed E-state index contributed by atoms with van der Waals surface area (Å²) in [4.78, 5) is 23.9. The van der Waals surface area contributed by atoms with E-state index in [-0.39, 0.29) is 30.2 Å². The smallest absolute Gasteiger partial charge is 0.223 e. The van der Waals surface area contributed by atoms with Gasteiger partial charge in [-0.2, -0.15) is 0 Å². The van der Waals surface area contributed by atoms with Crippen molar-refractivity contribution >= 4 is 11.8 Å². The Kier molecular flexibility index (Phi) is 1.95. The Morgan fingerprint density at radius 2 is 2.23 bits per heavy atom. The molecule has 2 saturated heterocycles. The molecule has 5 nitrogen and oxygen atoms in total. The lowest BCUT2D eigenvalue weighted by Crippen LogP contribution is -2.49. The molecule has 2 fully saturated rings. The van der Waals surface area contributed by atoms with Gasteiger partial charge in [-0.25, -0.2) is 0 Å². The molecular formula is C8H12N2O3. The summed E-state index contributed by atoms with van der Waals surface area (Å²) in [5, 5.41) is 0. The molecule has 1 atom stereocenters. The van der Waals surface area contributed by atoms with Gasteiger partial charge in [-0.05, 0) is 0 Å². The molecule has 0 aromatic carbocycles. The fourth-order valence-electron chi connectivity index (χ4n) is 1.68. The first kappa shape index (κ1) is 8.50. The zero-order valence-corrected chi connectivity index (χ0v) is 7.23. The van der Waals surface area contributed by atoms with E-state index >= 15 is 0 Å². The summed E-state index contributed by atoms with van der Waals surface area (Å²) in [6, 6.07) is 0.178. The standard InChI is InChI=1S/C8H12N2O3/c9-8(12)5-1-7(11)10(2-5)6-3-13-4-6/h5-6H,1-4H2,(H2,9,12). The SMILES string of the molecule is NC(=O)C1CC(=O)N(C2COC2)C1. The Balaban J connectivity index is 1.98. The van der Waals surface area contributed by atoms with E-state index in [9.17, 15) is 9.59 Å². The predicted molar refractivity (Wildman–Crippen MR) is 43.6 cm³/mol. The van der Waals surface area contributed by atoms with Gasteiger partial charge in [-0.1, -0.05) is 0 Å². The fraction of sp³-hybridized carbons (Fsp3) is 0.750. The van der Waals surface area contributed by atoms with Crippen molar-refractivity contribution in [3.8, 4) is 0 Å². The van der Waals surface area contributed by atoms with Crippen LogP contribution in [0.15, 0.2) is 0 Å². The van der Waals surface area contributed by atoms with Crippen LogP contribution in [0.2, 0.25) is 0 Å². The van der Waals surface area contributed by atoms with Crippen LogP contribution in [0.25, 0.3) is 0 Å². The molecule has 2 rings (SSSR count). The lowest BCUT2D eigenvalue weighted by atomic mass is 10.1. The first-order chi connectivity index (χ1) is 6.18. The monoisotopic (exact) mass is 184 g/mol. The summed E-state index contributed by atoms with van der Waals surface area (Å²) in [7, 11) is 0. The Morgan fingerprint density at radius 1 is 1.54 bits per heavy atom. The second kappa shape index (κ2) is 2.99. The molecular weight excluding hydrogens is 172 g/mol. The molecule has 72 valence electrons. The molecule has 5 heteroatoms. The summed E-state index contributed by atoms with van der Waals surface area (Å²) >= 11 is 0. The number of hydrogen-bond acceptors (Lipinski definition) is 3. The molecule has 13 heavy (non-hydrogen) atoms. The topological polar surface area (TPSA) is 72.6 Å². The largest absolute Gasteiger partial charge is 0.377 e. The number of primary amides is 1. The summed E-state index contributed by atoms with van der Waals surface area (Å²) < 4.78 is 4.98. The van der Waals surface area contributed by atoms with E-state index in [1.54, 1.807) is 4.90 Å². The van der Waals surface area contributed by atoms with E-state index in [0.29, 0.717) is 19.8 Å². The molecule has 0 radical (unpaired) electrons. The number of nitrogens with two attached hydrogens (primary N) is 1. The third-order valence-electron chi connectivity index (χ3n) is 2.62. The van der Waals surface area contributed by atoms with E-state index in [2.05, 4.69) is 0 Å². The Morgan fingerprint density at radius 3 is 2.62 bits per heavy atom. The Bertz CT molecular complexity index is 250. The highest BCUT2D eigenvalue weighted by atomic mass is 16.5. The van der Waals surface area contributed by atoms with Crippen LogP contribution in [0.4, 0.5) is 0 Å². The van der Waals surface area contributed by atoms with Gasteiger partial charge < -0.3 is 15.4 Å². The minimum Gasteiger partial charge on any atom is -0.377 e. The number of carbonyl (C=O) groups is 2. The van der Waals surface area contributed by atoms with Gasteiger partial charge >= 0.3 is 0 Å². The molecule has 2 aliphatic heterocycles. The van der Waals surface area contributed by atoms with Crippen LogP contribution in [-0.4, -0.2) is 42.5 Å². The molecule has 2 N–H and O–H groups in total. The zero-order chi connectivity index (χ0) is 9.42. The van der Waals surface area contributed by atoms with Crippen molar-refractivity contribution in [2.24, 2.45) is 11.7 Å². The number of rotatable bonds is 2. The van der Waals surface area contributed by atoms with Gasteiger partial charge in [0.05, 0.1) is 25.2 Å². The number of hydrogen-bond donors (Lipinski definition) is 1. The van der Waals surface area contributed by atoms with Gasteiger partial charge in [0.25, 0.3) is 0 Å². The highest BCUT2D eigenvalue weighted by molar-refractivity contribution is 5.88. The average molecular weight is 184 g/mol. The molecule has 0 aliphatic carbocycles. The lowest BCUT2D eigenvalue weighted by Gasteiger charge is -2.34. The van der Waals surface area contributed by atoms with Crippen LogP contribution in [-0.2, 0) is 14.3 Å². The summed E-state index contributed by atoms with van der Waals surface area (Å²) in [6.45, 7) is 1.66. The van der Waals surface area contributed by atoms with E-state index in [1.165, 1.54) is 0 Å². The van der Waals surface area contributed by atoms with Gasteiger partial charge in [-0.15, -0.1) is 0 Å². The van der Waals surface area contributed by atoms with Gasteiger partial charge in [0.2, 0.25) is 11.8 Å². The summed E-state index contributed by atoms with van der Waals surface area (Å²) in [5.41, 5.74) is 5.13. The van der Waals surface area contributed by atoms with Crippen LogP contribution in [0.3, 0.4) is 0 Å². The molecule has 0 spiro atoms. The third-order valence-corrected chi connectivity index (χ3v) is 2.62. The molecule has 2 heterocycles. The second-order valence-corrected chi connectivity index (χ2v) is 3.54. The highest BCUT2D eigenvalue weighted by Gasteiger charge is 2.39. The number of ether oxygens (including phenoxy) is 1. The van der Waals surface area contributed by atoms with Crippen LogP contribution in [0.5, 0.6) is 0 Å². The maximum absolute atomic E-state index is 11.4. The molecule has 2 aliphatic rings. The Hall–Kier alpha value is -1.10. The van der Waals surface area contributed by atoms with Crippen molar-refractivity contribution in [3.63, 3.8) is 0 Å². The van der Waals surface area contributed by atoms with Crippen molar-refractivity contribution < 1.29 is 14.3 Å². The average Bonchev–Trinajstić information content (AvgIpc) is 2.29. The predicted octanol–water partition coefficient (Wildman–Crippen LogP) is -1.28. The van der Waals surface area contributed by atoms with E-state index in [1.807, 2.05) is 0 Å². The van der Waals surface area contributed by atoms with Crippen LogP contribution in [0, 0.1) is 5.92 Å². The van der Waals surface area contributed by atoms with E-state index < -0.39 is 0 Å². The molecule has 0 bridgehead atoms. The van der Waals surface area contributed by atoms with E-state index in [4.69, 9.17) is 10.5 Å². The summed E-state index contributed by atoms with van der Waals surface area (Å²) in [5.74, 6) is -0.652. The van der Waals surface area contributed by atoms with Crippen molar-refractivity contribution in [2.45, 2.75) is 12.5 Å². The Labute approximate surface area is 75.8 Å². The number of nitrogens with zero attached hydrogens (tertiary/aromatic N) is 1. The van der Waals surface area contributed by atoms with Crippen LogP contribution >= 0.6 is 0 Å². The van der Waals surface area contributed by atoms with Crippen LogP contribution < -0.4 is 5.73 Å². The lowest BCUT2D eigenvalue weighted by molar-refractivity contribution is -0.139. The first-order valence-electron chi connectivity index (χ1n) is 4.35. The van der Waals surface area contributed by atoms with Crippen molar-refractivity contribution in [2.75, 3.05) is 19.8 Å². The normalized spacial score (nSPS) is 29.1. The number of likely N-dealkylation sites (tertiary alicyclic amines) is 1. The third kappa shape index (κ3) is 1.39. The van der Waals surface area contributed by atoms with E-state index in [0.717, 1.165) is 0 Å². The quantitative estimate of drug-likeness (QED) is 0.581. The highest BCUT2D eigenvalue weighted by Crippen LogP contribution is 2.22. The van der Waals surface area contributed by atoms with Crippen molar-refractivity contribution in [3.05, 3.63) is 0 Å². The fourth-order valence-corrected chi connectivity index (χ4v) is 1.68. The van der Waals surface area contributed by atoms with Crippen molar-refractivity contribution in [1.82, 2.24) is 4.90 Å². The number of amides is 2. The number of carbonyl (C=O) groups excluding carboxylic acids is 2. The van der Waals surface area contributed by atoms with Gasteiger partial charge in [0, 0.05) is 13.0 Å². The molecule has 0 aromatic rings.